The number of piperidine rings is 1. The lowest BCUT2D eigenvalue weighted by Gasteiger charge is -2.32. The van der Waals surface area contributed by atoms with Gasteiger partial charge in [-0.25, -0.2) is 8.78 Å². The second-order valence-corrected chi connectivity index (χ2v) is 11.5. The lowest BCUT2D eigenvalue weighted by atomic mass is 9.97. The minimum atomic E-state index is -1.03. The molecule has 1 saturated carbocycles. The highest BCUT2D eigenvalue weighted by atomic mass is 35.5. The van der Waals surface area contributed by atoms with Crippen LogP contribution in [0.15, 0.2) is 30.3 Å². The quantitative estimate of drug-likeness (QED) is 0.361. The highest BCUT2D eigenvalue weighted by molar-refractivity contribution is 6.34. The normalized spacial score (nSPS) is 19.1. The molecule has 11 heteroatoms. The summed E-state index contributed by atoms with van der Waals surface area (Å²) in [5, 5.41) is 8.18. The van der Waals surface area contributed by atoms with Gasteiger partial charge < -0.3 is 19.5 Å². The van der Waals surface area contributed by atoms with E-state index in [-0.39, 0.29) is 18.6 Å². The van der Waals surface area contributed by atoms with Crippen LogP contribution in [0.1, 0.15) is 59.5 Å². The van der Waals surface area contributed by atoms with E-state index in [2.05, 4.69) is 9.64 Å². The van der Waals surface area contributed by atoms with E-state index in [4.69, 9.17) is 37.8 Å². The van der Waals surface area contributed by atoms with Crippen molar-refractivity contribution >= 4 is 35.6 Å². The number of likely N-dealkylation sites (tertiary alicyclic amines) is 2. The Bertz CT molecular complexity index is 1140. The van der Waals surface area contributed by atoms with Gasteiger partial charge in [0.05, 0.1) is 18.7 Å². The van der Waals surface area contributed by atoms with Crippen LogP contribution >= 0.6 is 23.2 Å². The highest BCUT2D eigenvalue weighted by Crippen LogP contribution is 2.45. The van der Waals surface area contributed by atoms with Crippen LogP contribution in [0.3, 0.4) is 0 Å². The zero-order chi connectivity index (χ0) is 29.9. The van der Waals surface area contributed by atoms with Crippen molar-refractivity contribution in [3.63, 3.8) is 0 Å². The highest BCUT2D eigenvalue weighted by Gasteiger charge is 2.33. The second-order valence-electron chi connectivity index (χ2n) is 10.6. The zero-order valence-corrected chi connectivity index (χ0v) is 25.0. The van der Waals surface area contributed by atoms with Crippen LogP contribution in [0.25, 0.3) is 0 Å². The maximum Gasteiger partial charge on any atom is 0.290 e. The average Bonchev–Trinajstić information content (AvgIpc) is 3.67. The Hall–Kier alpha value is -2.46. The molecule has 3 aliphatic rings. The molecule has 41 heavy (non-hydrogen) atoms. The van der Waals surface area contributed by atoms with Gasteiger partial charge in [-0.2, -0.15) is 0 Å². The third kappa shape index (κ3) is 10.1. The van der Waals surface area contributed by atoms with E-state index in [1.54, 1.807) is 26.4 Å². The van der Waals surface area contributed by atoms with E-state index in [1.807, 2.05) is 12.1 Å². The van der Waals surface area contributed by atoms with Crippen LogP contribution in [0.4, 0.5) is 8.78 Å². The number of carbonyl (C=O) groups excluding carboxylic acids is 1. The Morgan fingerprint density at radius 1 is 1.02 bits per heavy atom. The standard InChI is InChI=1S/C27H30Cl2F2N2O2.C2H6O.CH2O2/c28-20-9-18(10-21(29)11-20)14-32-6-3-17(4-7-32)16-35-26-13-25(31)24(12-23(26)19-1-2-19)27(34)33-8-5-22(30)15-33;1-3-2;2-1-3/h9-13,17,19,22H,1-8,14-16H2;1-2H3;1H,(H,2,3). The molecule has 5 rings (SSSR count). The molecule has 0 bridgehead atoms. The number of benzene rings is 2. The molecule has 1 atom stereocenters. The van der Waals surface area contributed by atoms with Crippen LogP contribution in [0, 0.1) is 11.7 Å². The fourth-order valence-electron chi connectivity index (χ4n) is 5.13. The SMILES string of the molecule is COC.O=C(c1cc(C2CC2)c(OCC2CCN(Cc3cc(Cl)cc(Cl)c3)CC2)cc1F)N1CCC(F)C1.O=CO. The number of carboxylic acid groups (broad SMARTS) is 1. The van der Waals surface area contributed by atoms with Gasteiger partial charge in [-0.05, 0) is 92.4 Å². The summed E-state index contributed by atoms with van der Waals surface area (Å²) < 4.78 is 38.9. The van der Waals surface area contributed by atoms with Crippen LogP contribution in [-0.2, 0) is 16.1 Å². The van der Waals surface area contributed by atoms with Crippen LogP contribution in [0.2, 0.25) is 10.0 Å². The number of rotatable bonds is 7. The number of halogens is 4. The number of methoxy groups -OCH3 is 1. The fraction of sp³-hybridized carbons (Fsp3) is 0.533. The molecular weight excluding hydrogens is 577 g/mol. The van der Waals surface area contributed by atoms with Gasteiger partial charge in [0.2, 0.25) is 0 Å². The average molecular weight is 616 g/mol. The molecule has 0 spiro atoms. The first kappa shape index (κ1) is 33.0. The summed E-state index contributed by atoms with van der Waals surface area (Å²) >= 11 is 12.2. The molecule has 3 fully saturated rings. The zero-order valence-electron chi connectivity index (χ0n) is 23.5. The minimum absolute atomic E-state index is 0.0303. The smallest absolute Gasteiger partial charge is 0.290 e. The molecule has 2 aromatic carbocycles. The van der Waals surface area contributed by atoms with Gasteiger partial charge in [0, 0.05) is 43.4 Å². The van der Waals surface area contributed by atoms with Crippen molar-refractivity contribution < 1.29 is 33.0 Å². The Morgan fingerprint density at radius 3 is 2.17 bits per heavy atom. The predicted octanol–water partition coefficient (Wildman–Crippen LogP) is 6.45. The minimum Gasteiger partial charge on any atom is -0.493 e. The molecule has 1 unspecified atom stereocenters. The van der Waals surface area contributed by atoms with Gasteiger partial charge >= 0.3 is 0 Å². The van der Waals surface area contributed by atoms with Gasteiger partial charge in [-0.15, -0.1) is 0 Å². The molecule has 2 aliphatic heterocycles. The summed E-state index contributed by atoms with van der Waals surface area (Å²) in [5.41, 5.74) is 2.04. The van der Waals surface area contributed by atoms with Crippen molar-refractivity contribution in [2.24, 2.45) is 5.92 Å². The number of ether oxygens (including phenoxy) is 2. The van der Waals surface area contributed by atoms with E-state index < -0.39 is 17.9 Å². The van der Waals surface area contributed by atoms with Gasteiger partial charge in [-0.1, -0.05) is 23.2 Å². The number of nitrogens with zero attached hydrogens (tertiary/aromatic N) is 2. The molecule has 226 valence electrons. The Morgan fingerprint density at radius 2 is 1.63 bits per heavy atom. The molecule has 1 amide bonds. The third-order valence-electron chi connectivity index (χ3n) is 7.28. The molecule has 1 aliphatic carbocycles. The van der Waals surface area contributed by atoms with Crippen molar-refractivity contribution in [2.45, 2.75) is 50.7 Å². The Labute approximate surface area is 250 Å². The van der Waals surface area contributed by atoms with Crippen LogP contribution in [0.5, 0.6) is 5.75 Å². The summed E-state index contributed by atoms with van der Waals surface area (Å²) in [6.45, 7) is 3.35. The molecule has 2 aromatic rings. The van der Waals surface area contributed by atoms with Crippen LogP contribution in [-0.4, -0.2) is 80.5 Å². The van der Waals surface area contributed by atoms with E-state index in [0.717, 1.165) is 56.4 Å². The van der Waals surface area contributed by atoms with Gasteiger partial charge in [0.1, 0.15) is 17.7 Å². The summed E-state index contributed by atoms with van der Waals surface area (Å²) in [6.07, 6.45) is 3.30. The third-order valence-corrected chi connectivity index (χ3v) is 7.71. The Balaban J connectivity index is 0.000000710. The summed E-state index contributed by atoms with van der Waals surface area (Å²) in [4.78, 5) is 24.9. The number of alkyl halides is 1. The predicted molar refractivity (Wildman–Crippen MR) is 155 cm³/mol. The van der Waals surface area contributed by atoms with Gasteiger partial charge in [0.15, 0.2) is 0 Å². The fourth-order valence-corrected chi connectivity index (χ4v) is 5.70. The Kier molecular flexibility index (Phi) is 13.1. The first-order valence-electron chi connectivity index (χ1n) is 13.7. The first-order valence-corrected chi connectivity index (χ1v) is 14.5. The summed E-state index contributed by atoms with van der Waals surface area (Å²) in [5.74, 6) is 0.214. The van der Waals surface area contributed by atoms with Crippen molar-refractivity contribution in [1.29, 1.82) is 0 Å². The molecular formula is C30H38Cl2F2N2O5. The largest absolute Gasteiger partial charge is 0.493 e. The first-order chi connectivity index (χ1) is 19.7. The van der Waals surface area contributed by atoms with E-state index in [9.17, 15) is 13.6 Å². The maximum atomic E-state index is 14.9. The van der Waals surface area contributed by atoms with E-state index >= 15 is 0 Å². The lowest BCUT2D eigenvalue weighted by Crippen LogP contribution is -2.35. The number of hydrogen-bond acceptors (Lipinski definition) is 5. The van der Waals surface area contributed by atoms with Crippen molar-refractivity contribution in [3.8, 4) is 5.75 Å². The summed E-state index contributed by atoms with van der Waals surface area (Å²) in [6, 6.07) is 8.65. The van der Waals surface area contributed by atoms with Gasteiger partial charge in [0.25, 0.3) is 12.4 Å². The molecule has 0 aromatic heterocycles. The maximum absolute atomic E-state index is 14.9. The molecule has 2 saturated heterocycles. The lowest BCUT2D eigenvalue weighted by molar-refractivity contribution is -0.122. The van der Waals surface area contributed by atoms with Crippen molar-refractivity contribution in [1.82, 2.24) is 9.80 Å². The van der Waals surface area contributed by atoms with E-state index in [0.29, 0.717) is 47.2 Å². The molecule has 1 N–H and O–H groups in total. The molecule has 7 nitrogen and oxygen atoms in total. The van der Waals surface area contributed by atoms with Crippen molar-refractivity contribution in [3.05, 3.63) is 62.9 Å². The van der Waals surface area contributed by atoms with Gasteiger partial charge in [-0.3, -0.25) is 14.5 Å². The molecule has 2 heterocycles. The summed E-state index contributed by atoms with van der Waals surface area (Å²) in [7, 11) is 3.25. The topological polar surface area (TPSA) is 79.3 Å². The molecule has 0 radical (unpaired) electrons. The second kappa shape index (κ2) is 16.2. The number of amides is 1. The van der Waals surface area contributed by atoms with Crippen LogP contribution < -0.4 is 4.74 Å². The monoisotopic (exact) mass is 614 g/mol. The van der Waals surface area contributed by atoms with E-state index in [1.165, 1.54) is 11.0 Å². The van der Waals surface area contributed by atoms with Crippen molar-refractivity contribution in [2.75, 3.05) is 47.0 Å². The number of carbonyl (C=O) groups is 2. The number of hydrogen-bond donors (Lipinski definition) is 1.